The van der Waals surface area contributed by atoms with E-state index >= 15 is 0 Å². The molecule has 2 aromatic heterocycles. The molecule has 5 aromatic rings. The quantitative estimate of drug-likeness (QED) is 0.200. The maximum atomic E-state index is 6.86. The van der Waals surface area contributed by atoms with Crippen molar-refractivity contribution in [3.63, 3.8) is 0 Å². The largest absolute Gasteiger partial charge is 0.455 e. The zero-order valence-corrected chi connectivity index (χ0v) is 25.8. The summed E-state index contributed by atoms with van der Waals surface area (Å²) >= 11 is 0. The molecule has 0 unspecified atom stereocenters. The fraction of sp³-hybridized carbons (Fsp3) is 0.395. The fourth-order valence-corrected chi connectivity index (χ4v) is 7.88. The molecule has 0 saturated carbocycles. The summed E-state index contributed by atoms with van der Waals surface area (Å²) in [5.74, 6) is 1.66. The van der Waals surface area contributed by atoms with Crippen molar-refractivity contribution in [3.05, 3.63) is 88.6 Å². The van der Waals surface area contributed by atoms with E-state index in [1.807, 2.05) is 0 Å². The average Bonchev–Trinajstić information content (AvgIpc) is 3.37. The summed E-state index contributed by atoms with van der Waals surface area (Å²) in [6.45, 7) is 18.5. The number of fused-ring (bicyclic) bond motifs is 7. The highest BCUT2D eigenvalue weighted by atomic mass is 16.3. The van der Waals surface area contributed by atoms with Crippen LogP contribution in [0.4, 0.5) is 0 Å². The van der Waals surface area contributed by atoms with Gasteiger partial charge in [-0.3, -0.25) is 0 Å². The molecule has 0 fully saturated rings. The Bertz CT molecular complexity index is 1750. The molecule has 0 radical (unpaired) electrons. The third kappa shape index (κ3) is 3.94. The molecule has 0 aliphatic heterocycles. The van der Waals surface area contributed by atoms with Crippen molar-refractivity contribution in [2.24, 2.45) is 18.9 Å². The zero-order valence-electron chi connectivity index (χ0n) is 25.8. The lowest BCUT2D eigenvalue weighted by atomic mass is 9.68. The lowest BCUT2D eigenvalue weighted by Crippen LogP contribution is -2.32. The van der Waals surface area contributed by atoms with Gasteiger partial charge in [-0.1, -0.05) is 84.0 Å². The minimum Gasteiger partial charge on any atom is -0.455 e. The van der Waals surface area contributed by atoms with Gasteiger partial charge in [0.2, 0.25) is 5.69 Å². The maximum Gasteiger partial charge on any atom is 0.216 e. The number of pyridine rings is 1. The Morgan fingerprint density at radius 1 is 0.775 bits per heavy atom. The number of benzene rings is 3. The zero-order chi connectivity index (χ0) is 28.5. The summed E-state index contributed by atoms with van der Waals surface area (Å²) in [5.41, 5.74) is 14.1. The van der Waals surface area contributed by atoms with Crippen LogP contribution < -0.4 is 4.57 Å². The average molecular weight is 531 g/mol. The van der Waals surface area contributed by atoms with Gasteiger partial charge in [-0.05, 0) is 83.9 Å². The molecule has 2 nitrogen and oxygen atoms in total. The molecule has 40 heavy (non-hydrogen) atoms. The van der Waals surface area contributed by atoms with E-state index in [0.717, 1.165) is 24.0 Å². The Kier molecular flexibility index (Phi) is 6.44. The van der Waals surface area contributed by atoms with E-state index in [1.165, 1.54) is 61.0 Å². The van der Waals surface area contributed by atoms with Gasteiger partial charge in [0.05, 0.1) is 5.56 Å². The SMILES string of the molecule is Cc1c[n+](C)c(-c2c(C)ccc3c2oc2ccc4c(c23)-c2ccccc2C4(CC(C)C)CC(C)C)cc1C(C)C. The maximum absolute atomic E-state index is 6.86. The van der Waals surface area contributed by atoms with E-state index in [0.29, 0.717) is 17.8 Å². The second kappa shape index (κ2) is 9.61. The van der Waals surface area contributed by atoms with Crippen LogP contribution in [0.15, 0.2) is 65.2 Å². The lowest BCUT2D eigenvalue weighted by molar-refractivity contribution is -0.660. The molecule has 1 aliphatic rings. The number of hydrogen-bond donors (Lipinski definition) is 0. The summed E-state index contributed by atoms with van der Waals surface area (Å²) in [6.07, 6.45) is 4.57. The van der Waals surface area contributed by atoms with Crippen LogP contribution >= 0.6 is 0 Å². The summed E-state index contributed by atoms with van der Waals surface area (Å²) < 4.78 is 9.13. The number of furan rings is 1. The van der Waals surface area contributed by atoms with Crippen molar-refractivity contribution in [1.29, 1.82) is 0 Å². The van der Waals surface area contributed by atoms with Crippen molar-refractivity contribution in [1.82, 2.24) is 0 Å². The van der Waals surface area contributed by atoms with Crippen LogP contribution in [0.5, 0.6) is 0 Å². The van der Waals surface area contributed by atoms with Gasteiger partial charge in [0, 0.05) is 27.8 Å². The first-order chi connectivity index (χ1) is 19.0. The molecule has 1 aliphatic carbocycles. The van der Waals surface area contributed by atoms with E-state index in [2.05, 4.69) is 128 Å². The molecule has 2 heterocycles. The van der Waals surface area contributed by atoms with Crippen LogP contribution in [0.3, 0.4) is 0 Å². The number of hydrogen-bond acceptors (Lipinski definition) is 1. The second-order valence-electron chi connectivity index (χ2n) is 13.5. The Labute approximate surface area is 240 Å². The summed E-state index contributed by atoms with van der Waals surface area (Å²) in [7, 11) is 2.16. The van der Waals surface area contributed by atoms with Gasteiger partial charge in [-0.25, -0.2) is 4.57 Å². The van der Waals surface area contributed by atoms with E-state index in [-0.39, 0.29) is 5.41 Å². The van der Waals surface area contributed by atoms with E-state index in [9.17, 15) is 0 Å². The molecule has 0 spiro atoms. The van der Waals surface area contributed by atoms with E-state index in [1.54, 1.807) is 0 Å². The summed E-state index contributed by atoms with van der Waals surface area (Å²) in [4.78, 5) is 0. The molecular formula is C38H44NO+. The van der Waals surface area contributed by atoms with Crippen molar-refractivity contribution in [2.75, 3.05) is 0 Å². The monoisotopic (exact) mass is 530 g/mol. The van der Waals surface area contributed by atoms with Gasteiger partial charge in [0.1, 0.15) is 18.2 Å². The Hall–Kier alpha value is -3.39. The predicted molar refractivity (Wildman–Crippen MR) is 169 cm³/mol. The molecule has 0 N–H and O–H groups in total. The second-order valence-corrected chi connectivity index (χ2v) is 13.5. The number of nitrogens with zero attached hydrogens (tertiary/aromatic N) is 1. The van der Waals surface area contributed by atoms with Gasteiger partial charge in [-0.2, -0.15) is 0 Å². The van der Waals surface area contributed by atoms with Crippen molar-refractivity contribution in [2.45, 2.75) is 79.6 Å². The Morgan fingerprint density at radius 2 is 1.48 bits per heavy atom. The third-order valence-corrected chi connectivity index (χ3v) is 9.15. The molecule has 206 valence electrons. The topological polar surface area (TPSA) is 17.0 Å². The Balaban J connectivity index is 1.71. The van der Waals surface area contributed by atoms with Gasteiger partial charge in [-0.15, -0.1) is 0 Å². The van der Waals surface area contributed by atoms with Crippen LogP contribution in [-0.4, -0.2) is 0 Å². The number of aromatic nitrogens is 1. The standard InChI is InChI=1S/C38H44NO/c1-22(2)19-38(20-23(3)4)30-13-11-10-12-27(30)35-31(38)16-17-33-36(35)28-15-14-25(7)34(37(28)40-33)32-18-29(24(5)6)26(8)21-39(32)9/h10-18,21-24H,19-20H2,1-9H3/q+1. The first-order valence-corrected chi connectivity index (χ1v) is 15.1. The van der Waals surface area contributed by atoms with E-state index in [4.69, 9.17) is 4.42 Å². The highest BCUT2D eigenvalue weighted by molar-refractivity contribution is 6.17. The smallest absolute Gasteiger partial charge is 0.216 e. The van der Waals surface area contributed by atoms with Crippen molar-refractivity contribution >= 4 is 21.9 Å². The van der Waals surface area contributed by atoms with Crippen LogP contribution in [-0.2, 0) is 12.5 Å². The normalized spacial score (nSPS) is 14.2. The van der Waals surface area contributed by atoms with Gasteiger partial charge < -0.3 is 4.42 Å². The Morgan fingerprint density at radius 3 is 2.15 bits per heavy atom. The van der Waals surface area contributed by atoms with Gasteiger partial charge >= 0.3 is 0 Å². The third-order valence-electron chi connectivity index (χ3n) is 9.15. The summed E-state index contributed by atoms with van der Waals surface area (Å²) in [5, 5.41) is 2.49. The molecule has 6 rings (SSSR count). The van der Waals surface area contributed by atoms with E-state index < -0.39 is 0 Å². The van der Waals surface area contributed by atoms with Crippen LogP contribution in [0, 0.1) is 25.7 Å². The van der Waals surface area contributed by atoms with Crippen LogP contribution in [0.2, 0.25) is 0 Å². The van der Waals surface area contributed by atoms with Gasteiger partial charge in [0.25, 0.3) is 0 Å². The molecule has 0 bridgehead atoms. The minimum atomic E-state index is 0.0229. The highest BCUT2D eigenvalue weighted by Gasteiger charge is 2.45. The van der Waals surface area contributed by atoms with Crippen molar-refractivity contribution < 1.29 is 8.98 Å². The first kappa shape index (κ1) is 26.8. The molecule has 0 saturated heterocycles. The minimum absolute atomic E-state index is 0.0229. The predicted octanol–water partition coefficient (Wildman–Crippen LogP) is 10.2. The summed E-state index contributed by atoms with van der Waals surface area (Å²) in [6, 6.07) is 20.8. The van der Waals surface area contributed by atoms with Crippen molar-refractivity contribution in [3.8, 4) is 22.4 Å². The molecule has 3 aromatic carbocycles. The molecular weight excluding hydrogens is 486 g/mol. The molecule has 0 atom stereocenters. The number of rotatable bonds is 6. The highest BCUT2D eigenvalue weighted by Crippen LogP contribution is 2.58. The van der Waals surface area contributed by atoms with Crippen LogP contribution in [0.1, 0.15) is 88.1 Å². The molecule has 0 amide bonds. The van der Waals surface area contributed by atoms with Gasteiger partial charge in [0.15, 0.2) is 6.20 Å². The fourth-order valence-electron chi connectivity index (χ4n) is 7.88. The first-order valence-electron chi connectivity index (χ1n) is 15.1. The number of aryl methyl sites for hydroxylation is 3. The molecule has 2 heteroatoms. The van der Waals surface area contributed by atoms with Crippen LogP contribution in [0.25, 0.3) is 44.3 Å². The lowest BCUT2D eigenvalue weighted by Gasteiger charge is -2.35.